The maximum absolute atomic E-state index is 12.7. The molecule has 186 valence electrons. The molecule has 1 aromatic carbocycles. The first kappa shape index (κ1) is 24.1. The summed E-state index contributed by atoms with van der Waals surface area (Å²) >= 11 is 0. The van der Waals surface area contributed by atoms with Crippen LogP contribution in [-0.2, 0) is 11.3 Å². The predicted octanol–water partition coefficient (Wildman–Crippen LogP) is 1.57. The number of piperidine rings is 1. The molecule has 1 aromatic rings. The molecule has 3 aliphatic heterocycles. The highest BCUT2D eigenvalue weighted by molar-refractivity contribution is 5.76. The van der Waals surface area contributed by atoms with Gasteiger partial charge in [0.05, 0.1) is 0 Å². The smallest absolute Gasteiger partial charge is 0.410 e. The number of carbonyl (C=O) groups is 3. The van der Waals surface area contributed by atoms with Crippen LogP contribution >= 0.6 is 0 Å². The van der Waals surface area contributed by atoms with Crippen molar-refractivity contribution in [3.05, 3.63) is 35.9 Å². The summed E-state index contributed by atoms with van der Waals surface area (Å²) in [7, 11) is 2.05. The molecule has 3 aliphatic rings. The van der Waals surface area contributed by atoms with Crippen molar-refractivity contribution in [1.82, 2.24) is 30.7 Å². The standard InChI is InChI=1S/C24H36N6O4/c1-28-11-7-20(15-28)25-22(31)26-21-10-14-30(16-21)23(32)27-19-8-12-29(13-9-19)24(33)34-17-18-5-3-2-4-6-18/h2-6,19-21H,7-17H2,1H3,(H,27,32)(H2,25,26,31)/t20-,21+/m0/s1. The molecule has 2 atom stereocenters. The van der Waals surface area contributed by atoms with Crippen LogP contribution in [0, 0.1) is 0 Å². The van der Waals surface area contributed by atoms with E-state index in [0.717, 1.165) is 31.5 Å². The third-order valence-electron chi connectivity index (χ3n) is 6.82. The van der Waals surface area contributed by atoms with E-state index in [1.54, 1.807) is 9.80 Å². The SMILES string of the molecule is CN1CC[C@H](NC(=O)N[C@@H]2CCN(C(=O)NC3CCN(C(=O)OCc4ccccc4)CC3)C2)C1. The molecule has 5 amide bonds. The average molecular weight is 473 g/mol. The largest absolute Gasteiger partial charge is 0.445 e. The van der Waals surface area contributed by atoms with Gasteiger partial charge in [0.15, 0.2) is 0 Å². The zero-order valence-electron chi connectivity index (χ0n) is 19.9. The summed E-state index contributed by atoms with van der Waals surface area (Å²) in [6, 6.07) is 9.53. The summed E-state index contributed by atoms with van der Waals surface area (Å²) in [5, 5.41) is 9.12. The maximum Gasteiger partial charge on any atom is 0.410 e. The average Bonchev–Trinajstić information content (AvgIpc) is 3.47. The Labute approximate surface area is 201 Å². The Morgan fingerprint density at radius 1 is 0.824 bits per heavy atom. The number of hydrogen-bond donors (Lipinski definition) is 3. The fourth-order valence-corrected chi connectivity index (χ4v) is 4.81. The number of carbonyl (C=O) groups excluding carboxylic acids is 3. The molecular weight excluding hydrogens is 436 g/mol. The van der Waals surface area contributed by atoms with Crippen molar-refractivity contribution in [2.45, 2.75) is 50.4 Å². The first-order chi connectivity index (χ1) is 16.5. The maximum atomic E-state index is 12.7. The van der Waals surface area contributed by atoms with Crippen LogP contribution in [0.3, 0.4) is 0 Å². The van der Waals surface area contributed by atoms with Gasteiger partial charge < -0.3 is 35.4 Å². The van der Waals surface area contributed by atoms with E-state index in [4.69, 9.17) is 4.74 Å². The summed E-state index contributed by atoms with van der Waals surface area (Å²) in [4.78, 5) is 43.0. The van der Waals surface area contributed by atoms with Gasteiger partial charge in [-0.2, -0.15) is 0 Å². The van der Waals surface area contributed by atoms with E-state index in [1.165, 1.54) is 0 Å². The first-order valence-electron chi connectivity index (χ1n) is 12.2. The number of nitrogens with zero attached hydrogens (tertiary/aromatic N) is 3. The number of amides is 5. The summed E-state index contributed by atoms with van der Waals surface area (Å²) < 4.78 is 5.40. The lowest BCUT2D eigenvalue weighted by Gasteiger charge is -2.32. The van der Waals surface area contributed by atoms with Crippen molar-refractivity contribution in [3.63, 3.8) is 0 Å². The summed E-state index contributed by atoms with van der Waals surface area (Å²) in [6.07, 6.45) is 2.79. The molecule has 34 heavy (non-hydrogen) atoms. The highest BCUT2D eigenvalue weighted by Crippen LogP contribution is 2.15. The topological polar surface area (TPSA) is 106 Å². The van der Waals surface area contributed by atoms with Gasteiger partial charge in [-0.15, -0.1) is 0 Å². The summed E-state index contributed by atoms with van der Waals surface area (Å²) in [6.45, 7) is 4.36. The molecule has 0 aromatic heterocycles. The van der Waals surface area contributed by atoms with Crippen molar-refractivity contribution in [3.8, 4) is 0 Å². The minimum Gasteiger partial charge on any atom is -0.445 e. The van der Waals surface area contributed by atoms with Crippen LogP contribution in [-0.4, -0.2) is 97.3 Å². The van der Waals surface area contributed by atoms with Crippen LogP contribution in [0.5, 0.6) is 0 Å². The van der Waals surface area contributed by atoms with E-state index in [0.29, 0.717) is 39.0 Å². The third kappa shape index (κ3) is 6.75. The van der Waals surface area contributed by atoms with Gasteiger partial charge in [0.25, 0.3) is 0 Å². The fourth-order valence-electron chi connectivity index (χ4n) is 4.81. The van der Waals surface area contributed by atoms with Crippen molar-refractivity contribution in [2.75, 3.05) is 46.3 Å². The number of likely N-dealkylation sites (tertiary alicyclic amines) is 3. The lowest BCUT2D eigenvalue weighted by Crippen LogP contribution is -2.51. The van der Waals surface area contributed by atoms with Crippen molar-refractivity contribution >= 4 is 18.2 Å². The number of likely N-dealkylation sites (N-methyl/N-ethyl adjacent to an activating group) is 1. The number of nitrogens with one attached hydrogen (secondary N) is 3. The highest BCUT2D eigenvalue weighted by Gasteiger charge is 2.31. The fraction of sp³-hybridized carbons (Fsp3) is 0.625. The van der Waals surface area contributed by atoms with Crippen LogP contribution in [0.2, 0.25) is 0 Å². The molecule has 0 saturated carbocycles. The van der Waals surface area contributed by atoms with Crippen molar-refractivity contribution < 1.29 is 19.1 Å². The number of hydrogen-bond acceptors (Lipinski definition) is 5. The summed E-state index contributed by atoms with van der Waals surface area (Å²) in [5.74, 6) is 0. The van der Waals surface area contributed by atoms with E-state index in [1.807, 2.05) is 30.3 Å². The molecule has 3 heterocycles. The van der Waals surface area contributed by atoms with Gasteiger partial charge in [-0.25, -0.2) is 14.4 Å². The van der Waals surface area contributed by atoms with Gasteiger partial charge in [0.1, 0.15) is 6.61 Å². The second-order valence-corrected chi connectivity index (χ2v) is 9.55. The van der Waals surface area contributed by atoms with Crippen molar-refractivity contribution in [1.29, 1.82) is 0 Å². The number of benzene rings is 1. The van der Waals surface area contributed by atoms with Gasteiger partial charge >= 0.3 is 18.2 Å². The van der Waals surface area contributed by atoms with Crippen LogP contribution < -0.4 is 16.0 Å². The third-order valence-corrected chi connectivity index (χ3v) is 6.82. The monoisotopic (exact) mass is 472 g/mol. The molecule has 3 saturated heterocycles. The molecule has 4 rings (SSSR count). The van der Waals surface area contributed by atoms with Crippen LogP contribution in [0.1, 0.15) is 31.2 Å². The minimum atomic E-state index is -0.315. The van der Waals surface area contributed by atoms with E-state index in [2.05, 4.69) is 27.9 Å². The van der Waals surface area contributed by atoms with Gasteiger partial charge in [-0.3, -0.25) is 0 Å². The Kier molecular flexibility index (Phi) is 8.10. The van der Waals surface area contributed by atoms with Crippen LogP contribution in [0.25, 0.3) is 0 Å². The zero-order valence-corrected chi connectivity index (χ0v) is 19.9. The lowest BCUT2D eigenvalue weighted by atomic mass is 10.1. The molecule has 3 fully saturated rings. The molecule has 0 radical (unpaired) electrons. The highest BCUT2D eigenvalue weighted by atomic mass is 16.6. The second-order valence-electron chi connectivity index (χ2n) is 9.55. The van der Waals surface area contributed by atoms with Gasteiger partial charge in [0, 0.05) is 50.8 Å². The minimum absolute atomic E-state index is 0.0281. The molecule has 10 nitrogen and oxygen atoms in total. The van der Waals surface area contributed by atoms with E-state index in [9.17, 15) is 14.4 Å². The molecule has 10 heteroatoms. The Morgan fingerprint density at radius 2 is 1.44 bits per heavy atom. The number of ether oxygens (including phenoxy) is 1. The van der Waals surface area contributed by atoms with Crippen molar-refractivity contribution in [2.24, 2.45) is 0 Å². The Hall–Kier alpha value is -3.01. The Morgan fingerprint density at radius 3 is 2.12 bits per heavy atom. The number of urea groups is 2. The number of rotatable bonds is 5. The molecular formula is C24H36N6O4. The van der Waals surface area contributed by atoms with E-state index in [-0.39, 0.29) is 42.9 Å². The molecule has 0 bridgehead atoms. The summed E-state index contributed by atoms with van der Waals surface area (Å²) in [5.41, 5.74) is 0.958. The Balaban J connectivity index is 1.12. The van der Waals surface area contributed by atoms with Gasteiger partial charge in [-0.1, -0.05) is 30.3 Å². The van der Waals surface area contributed by atoms with E-state index >= 15 is 0 Å². The first-order valence-corrected chi connectivity index (χ1v) is 12.2. The zero-order chi connectivity index (χ0) is 23.9. The van der Waals surface area contributed by atoms with E-state index < -0.39 is 0 Å². The van der Waals surface area contributed by atoms with Crippen LogP contribution in [0.4, 0.5) is 14.4 Å². The molecule has 3 N–H and O–H groups in total. The van der Waals surface area contributed by atoms with Gasteiger partial charge in [0.2, 0.25) is 0 Å². The second kappa shape index (κ2) is 11.4. The molecule has 0 unspecified atom stereocenters. The van der Waals surface area contributed by atoms with Gasteiger partial charge in [-0.05, 0) is 44.8 Å². The Bertz CT molecular complexity index is 845. The lowest BCUT2D eigenvalue weighted by molar-refractivity contribution is 0.0854. The normalized spacial score (nSPS) is 23.6. The molecule has 0 aliphatic carbocycles. The van der Waals surface area contributed by atoms with Crippen LogP contribution in [0.15, 0.2) is 30.3 Å². The predicted molar refractivity (Wildman–Crippen MR) is 127 cm³/mol. The quantitative estimate of drug-likeness (QED) is 0.603. The molecule has 0 spiro atoms.